The fourth-order valence-corrected chi connectivity index (χ4v) is 1.33. The van der Waals surface area contributed by atoms with Crippen molar-refractivity contribution in [2.45, 2.75) is 45.1 Å². The lowest BCUT2D eigenvalue weighted by Gasteiger charge is -2.14. The van der Waals surface area contributed by atoms with Crippen LogP contribution in [0.25, 0.3) is 0 Å². The van der Waals surface area contributed by atoms with Crippen LogP contribution in [-0.2, 0) is 9.59 Å². The van der Waals surface area contributed by atoms with Crippen LogP contribution in [0, 0.1) is 0 Å². The minimum Gasteiger partial charge on any atom is -0.480 e. The second-order valence-corrected chi connectivity index (χ2v) is 4.00. The molecule has 0 aromatic rings. The van der Waals surface area contributed by atoms with E-state index in [-0.39, 0.29) is 12.8 Å². The zero-order chi connectivity index (χ0) is 14.0. The maximum atomic E-state index is 11.4. The summed E-state index contributed by atoms with van der Waals surface area (Å²) in [6.45, 7) is 2.55. The van der Waals surface area contributed by atoms with Crippen LogP contribution in [0.15, 0.2) is 0 Å². The maximum absolute atomic E-state index is 11.4. The third-order valence-corrected chi connectivity index (χ3v) is 2.35. The van der Waals surface area contributed by atoms with Crippen molar-refractivity contribution in [3.05, 3.63) is 0 Å². The van der Waals surface area contributed by atoms with Crippen LogP contribution in [0.4, 0.5) is 4.79 Å². The molecule has 0 radical (unpaired) electrons. The summed E-state index contributed by atoms with van der Waals surface area (Å²) in [7, 11) is 0. The molecule has 7 nitrogen and oxygen atoms in total. The first-order chi connectivity index (χ1) is 8.47. The summed E-state index contributed by atoms with van der Waals surface area (Å²) in [4.78, 5) is 32.8. The lowest BCUT2D eigenvalue weighted by molar-refractivity contribution is -0.139. The summed E-state index contributed by atoms with van der Waals surface area (Å²) < 4.78 is 0. The number of primary amides is 1. The lowest BCUT2D eigenvalue weighted by Crippen LogP contribution is -2.46. The second kappa shape index (κ2) is 9.26. The number of carbonyl (C=O) groups excluding carboxylic acids is 2. The van der Waals surface area contributed by atoms with Crippen molar-refractivity contribution in [1.82, 2.24) is 10.6 Å². The number of rotatable bonds is 9. The van der Waals surface area contributed by atoms with Gasteiger partial charge in [-0.25, -0.2) is 9.59 Å². The van der Waals surface area contributed by atoms with Gasteiger partial charge in [0, 0.05) is 13.0 Å². The topological polar surface area (TPSA) is 122 Å². The van der Waals surface area contributed by atoms with Gasteiger partial charge in [-0.3, -0.25) is 4.79 Å². The number of amides is 3. The van der Waals surface area contributed by atoms with Crippen molar-refractivity contribution in [1.29, 1.82) is 0 Å². The van der Waals surface area contributed by atoms with Gasteiger partial charge in [0.2, 0.25) is 5.91 Å². The Balaban J connectivity index is 3.96. The van der Waals surface area contributed by atoms with Gasteiger partial charge >= 0.3 is 12.0 Å². The van der Waals surface area contributed by atoms with Crippen molar-refractivity contribution in [3.8, 4) is 0 Å². The number of unbranched alkanes of at least 4 members (excludes halogenated alkanes) is 2. The third kappa shape index (κ3) is 8.37. The van der Waals surface area contributed by atoms with Gasteiger partial charge in [-0.1, -0.05) is 19.8 Å². The molecule has 0 saturated carbocycles. The maximum Gasteiger partial charge on any atom is 0.326 e. The van der Waals surface area contributed by atoms with Gasteiger partial charge < -0.3 is 21.5 Å². The number of hydrogen-bond acceptors (Lipinski definition) is 3. The summed E-state index contributed by atoms with van der Waals surface area (Å²) in [5.74, 6) is -1.77. The SMILES string of the molecule is CCCCCNC(=O)N[C@H](CCC(N)=O)C(=O)O. The van der Waals surface area contributed by atoms with Gasteiger partial charge in [-0.05, 0) is 12.8 Å². The fourth-order valence-electron chi connectivity index (χ4n) is 1.33. The highest BCUT2D eigenvalue weighted by Crippen LogP contribution is 1.97. The molecule has 0 rings (SSSR count). The molecule has 0 aromatic carbocycles. The van der Waals surface area contributed by atoms with Crippen LogP contribution in [0.5, 0.6) is 0 Å². The van der Waals surface area contributed by atoms with E-state index in [2.05, 4.69) is 10.6 Å². The van der Waals surface area contributed by atoms with E-state index in [0.29, 0.717) is 6.54 Å². The monoisotopic (exact) mass is 259 g/mol. The van der Waals surface area contributed by atoms with E-state index < -0.39 is 23.9 Å². The summed E-state index contributed by atoms with van der Waals surface area (Å²) in [5, 5.41) is 13.7. The molecule has 0 fully saturated rings. The first-order valence-electron chi connectivity index (χ1n) is 6.02. The first kappa shape index (κ1) is 16.2. The van der Waals surface area contributed by atoms with Gasteiger partial charge in [-0.2, -0.15) is 0 Å². The highest BCUT2D eigenvalue weighted by Gasteiger charge is 2.20. The molecule has 0 aliphatic rings. The molecule has 0 heterocycles. The van der Waals surface area contributed by atoms with E-state index in [1.807, 2.05) is 6.92 Å². The van der Waals surface area contributed by atoms with Crippen molar-refractivity contribution in [2.75, 3.05) is 6.54 Å². The normalized spacial score (nSPS) is 11.6. The molecule has 7 heteroatoms. The molecule has 0 aromatic heterocycles. The first-order valence-corrected chi connectivity index (χ1v) is 6.02. The summed E-state index contributed by atoms with van der Waals surface area (Å²) in [6, 6.07) is -1.63. The molecule has 5 N–H and O–H groups in total. The number of carbonyl (C=O) groups is 3. The van der Waals surface area contributed by atoms with Crippen molar-refractivity contribution in [2.24, 2.45) is 5.73 Å². The van der Waals surface area contributed by atoms with E-state index in [9.17, 15) is 14.4 Å². The Morgan fingerprint density at radius 3 is 2.44 bits per heavy atom. The summed E-state index contributed by atoms with van der Waals surface area (Å²) >= 11 is 0. The standard InChI is InChI=1S/C11H21N3O4/c1-2-3-4-7-13-11(18)14-8(10(16)17)5-6-9(12)15/h8H,2-7H2,1H3,(H2,12,15)(H,16,17)(H2,13,14,18)/t8-/m1/s1. The Labute approximate surface area is 106 Å². The lowest BCUT2D eigenvalue weighted by atomic mass is 10.1. The van der Waals surface area contributed by atoms with Crippen molar-refractivity contribution in [3.63, 3.8) is 0 Å². The third-order valence-electron chi connectivity index (χ3n) is 2.35. The average Bonchev–Trinajstić information content (AvgIpc) is 2.29. The predicted molar refractivity (Wildman–Crippen MR) is 65.9 cm³/mol. The zero-order valence-electron chi connectivity index (χ0n) is 10.6. The summed E-state index contributed by atoms with van der Waals surface area (Å²) in [5.41, 5.74) is 4.93. The molecule has 3 amide bonds. The minimum atomic E-state index is -1.18. The molecular weight excluding hydrogens is 238 g/mol. The zero-order valence-corrected chi connectivity index (χ0v) is 10.6. The number of aliphatic carboxylic acids is 1. The van der Waals surface area contributed by atoms with Crippen LogP contribution in [0.3, 0.4) is 0 Å². The van der Waals surface area contributed by atoms with Crippen LogP contribution >= 0.6 is 0 Å². The van der Waals surface area contributed by atoms with Crippen LogP contribution in [-0.4, -0.2) is 35.6 Å². The molecule has 0 spiro atoms. The van der Waals surface area contributed by atoms with E-state index in [1.54, 1.807) is 0 Å². The molecule has 104 valence electrons. The number of hydrogen-bond donors (Lipinski definition) is 4. The Morgan fingerprint density at radius 2 is 1.94 bits per heavy atom. The largest absolute Gasteiger partial charge is 0.480 e. The molecule has 0 aliphatic heterocycles. The van der Waals surface area contributed by atoms with Gasteiger partial charge in [0.1, 0.15) is 6.04 Å². The average molecular weight is 259 g/mol. The quantitative estimate of drug-likeness (QED) is 0.442. The molecular formula is C11H21N3O4. The second-order valence-electron chi connectivity index (χ2n) is 4.00. The van der Waals surface area contributed by atoms with E-state index in [0.717, 1.165) is 19.3 Å². The van der Waals surface area contributed by atoms with Gasteiger partial charge in [0.05, 0.1) is 0 Å². The van der Waals surface area contributed by atoms with Crippen molar-refractivity contribution >= 4 is 17.9 Å². The highest BCUT2D eigenvalue weighted by molar-refractivity contribution is 5.83. The summed E-state index contributed by atoms with van der Waals surface area (Å²) in [6.07, 6.45) is 2.81. The number of urea groups is 1. The Hall–Kier alpha value is -1.79. The predicted octanol–water partition coefficient (Wildman–Crippen LogP) is 0.195. The van der Waals surface area contributed by atoms with Gasteiger partial charge in [0.25, 0.3) is 0 Å². The van der Waals surface area contributed by atoms with Crippen molar-refractivity contribution < 1.29 is 19.5 Å². The van der Waals surface area contributed by atoms with Gasteiger partial charge in [-0.15, -0.1) is 0 Å². The smallest absolute Gasteiger partial charge is 0.326 e. The van der Waals surface area contributed by atoms with Crippen LogP contribution in [0.2, 0.25) is 0 Å². The number of nitrogens with one attached hydrogen (secondary N) is 2. The Morgan fingerprint density at radius 1 is 1.28 bits per heavy atom. The van der Waals surface area contributed by atoms with Gasteiger partial charge in [0.15, 0.2) is 0 Å². The van der Waals surface area contributed by atoms with E-state index >= 15 is 0 Å². The molecule has 1 atom stereocenters. The number of nitrogens with two attached hydrogens (primary N) is 1. The molecule has 0 bridgehead atoms. The number of carboxylic acid groups (broad SMARTS) is 1. The van der Waals surface area contributed by atoms with E-state index in [4.69, 9.17) is 10.8 Å². The molecule has 0 saturated heterocycles. The minimum absolute atomic E-state index is 0.00690. The Bertz CT molecular complexity index is 294. The highest BCUT2D eigenvalue weighted by atomic mass is 16.4. The fraction of sp³-hybridized carbons (Fsp3) is 0.727. The van der Waals surface area contributed by atoms with Crippen LogP contribution in [0.1, 0.15) is 39.0 Å². The van der Waals surface area contributed by atoms with E-state index in [1.165, 1.54) is 0 Å². The molecule has 0 aliphatic carbocycles. The molecule has 0 unspecified atom stereocenters. The number of carboxylic acids is 1. The molecule has 18 heavy (non-hydrogen) atoms. The van der Waals surface area contributed by atoms with Crippen LogP contribution < -0.4 is 16.4 Å². The Kier molecular flexibility index (Phi) is 8.34.